The van der Waals surface area contributed by atoms with Crippen LogP contribution in [0.2, 0.25) is 0 Å². The van der Waals surface area contributed by atoms with E-state index in [0.717, 1.165) is 10.8 Å². The standard InChI is InChI=1S/C18H20N2O5/c1-11(2)16(17(22)20-18(19)23)25-15(21)10-24-14-8-7-12-5-3-4-6-13(12)9-14/h3-9,11,16H,10H2,1-2H3,(H3,19,20,22,23). The van der Waals surface area contributed by atoms with Gasteiger partial charge in [-0.1, -0.05) is 44.2 Å². The lowest BCUT2D eigenvalue weighted by molar-refractivity contribution is -0.160. The van der Waals surface area contributed by atoms with Crippen LogP contribution in [0, 0.1) is 5.92 Å². The van der Waals surface area contributed by atoms with Crippen LogP contribution in [0.15, 0.2) is 42.5 Å². The molecule has 0 bridgehead atoms. The molecule has 2 aromatic rings. The molecule has 0 fully saturated rings. The van der Waals surface area contributed by atoms with Crippen LogP contribution in [-0.2, 0) is 14.3 Å². The Bertz CT molecular complexity index is 788. The van der Waals surface area contributed by atoms with Gasteiger partial charge >= 0.3 is 12.0 Å². The minimum atomic E-state index is -1.12. The van der Waals surface area contributed by atoms with Gasteiger partial charge in [0.2, 0.25) is 0 Å². The zero-order valence-electron chi connectivity index (χ0n) is 14.0. The van der Waals surface area contributed by atoms with Gasteiger partial charge in [0.05, 0.1) is 0 Å². The predicted octanol–water partition coefficient (Wildman–Crippen LogP) is 1.98. The molecule has 0 aliphatic carbocycles. The van der Waals surface area contributed by atoms with E-state index in [1.54, 1.807) is 19.9 Å². The van der Waals surface area contributed by atoms with Gasteiger partial charge in [-0.05, 0) is 28.8 Å². The third kappa shape index (κ3) is 5.20. The number of carbonyl (C=O) groups is 3. The number of amides is 3. The minimum Gasteiger partial charge on any atom is -0.482 e. The van der Waals surface area contributed by atoms with Gasteiger partial charge in [0.1, 0.15) is 5.75 Å². The maximum Gasteiger partial charge on any atom is 0.344 e. The molecule has 2 rings (SSSR count). The molecule has 132 valence electrons. The Balaban J connectivity index is 1.95. The van der Waals surface area contributed by atoms with E-state index >= 15 is 0 Å². The van der Waals surface area contributed by atoms with Crippen molar-refractivity contribution in [1.82, 2.24) is 5.32 Å². The molecule has 0 saturated heterocycles. The Morgan fingerprint density at radius 3 is 2.40 bits per heavy atom. The van der Waals surface area contributed by atoms with E-state index in [0.29, 0.717) is 5.75 Å². The van der Waals surface area contributed by atoms with Gasteiger partial charge in [-0.25, -0.2) is 9.59 Å². The summed E-state index contributed by atoms with van der Waals surface area (Å²) in [7, 11) is 0. The first kappa shape index (κ1) is 18.3. The molecule has 3 N–H and O–H groups in total. The summed E-state index contributed by atoms with van der Waals surface area (Å²) >= 11 is 0. The summed E-state index contributed by atoms with van der Waals surface area (Å²) in [6.07, 6.45) is -1.12. The number of nitrogens with one attached hydrogen (secondary N) is 1. The molecule has 2 aromatic carbocycles. The molecular weight excluding hydrogens is 324 g/mol. The first-order valence-electron chi connectivity index (χ1n) is 7.78. The Morgan fingerprint density at radius 1 is 1.08 bits per heavy atom. The molecule has 7 nitrogen and oxygen atoms in total. The average molecular weight is 344 g/mol. The number of carbonyl (C=O) groups excluding carboxylic acids is 3. The maximum absolute atomic E-state index is 11.9. The number of primary amides is 1. The Kier molecular flexibility index (Phi) is 5.94. The summed E-state index contributed by atoms with van der Waals surface area (Å²) in [6.45, 7) is 3.01. The summed E-state index contributed by atoms with van der Waals surface area (Å²) in [5.74, 6) is -1.30. The van der Waals surface area contributed by atoms with Gasteiger partial charge in [-0.15, -0.1) is 0 Å². The molecule has 0 aromatic heterocycles. The summed E-state index contributed by atoms with van der Waals surface area (Å²) < 4.78 is 10.5. The second kappa shape index (κ2) is 8.14. The quantitative estimate of drug-likeness (QED) is 0.779. The molecule has 25 heavy (non-hydrogen) atoms. The normalized spacial score (nSPS) is 11.8. The smallest absolute Gasteiger partial charge is 0.344 e. The average Bonchev–Trinajstić information content (AvgIpc) is 2.56. The van der Waals surface area contributed by atoms with Crippen LogP contribution in [0.1, 0.15) is 13.8 Å². The van der Waals surface area contributed by atoms with Crippen molar-refractivity contribution < 1.29 is 23.9 Å². The van der Waals surface area contributed by atoms with E-state index in [-0.39, 0.29) is 12.5 Å². The Morgan fingerprint density at radius 2 is 1.76 bits per heavy atom. The van der Waals surface area contributed by atoms with Crippen LogP contribution in [0.5, 0.6) is 5.75 Å². The fourth-order valence-electron chi connectivity index (χ4n) is 2.26. The second-order valence-corrected chi connectivity index (χ2v) is 5.81. The number of fused-ring (bicyclic) bond motifs is 1. The number of urea groups is 1. The summed E-state index contributed by atoms with van der Waals surface area (Å²) in [5.41, 5.74) is 4.91. The zero-order valence-corrected chi connectivity index (χ0v) is 14.0. The number of esters is 1. The highest BCUT2D eigenvalue weighted by Crippen LogP contribution is 2.20. The van der Waals surface area contributed by atoms with E-state index in [1.165, 1.54) is 0 Å². The lowest BCUT2D eigenvalue weighted by atomic mass is 10.1. The summed E-state index contributed by atoms with van der Waals surface area (Å²) in [6, 6.07) is 12.2. The van der Waals surface area contributed by atoms with Crippen LogP contribution in [0.3, 0.4) is 0 Å². The van der Waals surface area contributed by atoms with Crippen molar-refractivity contribution in [2.75, 3.05) is 6.61 Å². The van der Waals surface area contributed by atoms with Crippen molar-refractivity contribution in [1.29, 1.82) is 0 Å². The molecular formula is C18H20N2O5. The van der Waals surface area contributed by atoms with Crippen molar-refractivity contribution in [3.05, 3.63) is 42.5 Å². The van der Waals surface area contributed by atoms with Gasteiger partial charge in [0.15, 0.2) is 12.7 Å². The van der Waals surface area contributed by atoms with E-state index in [1.807, 2.05) is 41.7 Å². The number of nitrogens with two attached hydrogens (primary N) is 1. The SMILES string of the molecule is CC(C)C(OC(=O)COc1ccc2ccccc2c1)C(=O)NC(N)=O. The van der Waals surface area contributed by atoms with Crippen LogP contribution in [-0.4, -0.2) is 30.6 Å². The first-order valence-corrected chi connectivity index (χ1v) is 7.78. The van der Waals surface area contributed by atoms with Crippen LogP contribution >= 0.6 is 0 Å². The van der Waals surface area contributed by atoms with Crippen molar-refractivity contribution >= 4 is 28.7 Å². The molecule has 0 spiro atoms. The number of hydrogen-bond donors (Lipinski definition) is 2. The molecule has 7 heteroatoms. The molecule has 3 amide bonds. The summed E-state index contributed by atoms with van der Waals surface area (Å²) in [5, 5.41) is 3.94. The molecule has 0 heterocycles. The molecule has 0 aliphatic heterocycles. The maximum atomic E-state index is 11.9. The molecule has 1 atom stereocenters. The topological polar surface area (TPSA) is 108 Å². The summed E-state index contributed by atoms with van der Waals surface area (Å²) in [4.78, 5) is 34.5. The van der Waals surface area contributed by atoms with Crippen LogP contribution in [0.4, 0.5) is 4.79 Å². The third-order valence-electron chi connectivity index (χ3n) is 3.45. The van der Waals surface area contributed by atoms with Crippen LogP contribution in [0.25, 0.3) is 10.8 Å². The third-order valence-corrected chi connectivity index (χ3v) is 3.45. The Hall–Kier alpha value is -3.09. The predicted molar refractivity (Wildman–Crippen MR) is 91.9 cm³/mol. The van der Waals surface area contributed by atoms with Crippen molar-refractivity contribution in [2.24, 2.45) is 11.7 Å². The highest BCUT2D eigenvalue weighted by molar-refractivity contribution is 5.96. The van der Waals surface area contributed by atoms with E-state index < -0.39 is 24.0 Å². The number of hydrogen-bond acceptors (Lipinski definition) is 5. The van der Waals surface area contributed by atoms with Crippen molar-refractivity contribution in [3.63, 3.8) is 0 Å². The molecule has 0 saturated carbocycles. The van der Waals surface area contributed by atoms with Gasteiger partial charge in [-0.3, -0.25) is 10.1 Å². The first-order chi connectivity index (χ1) is 11.9. The number of rotatable bonds is 6. The largest absolute Gasteiger partial charge is 0.482 e. The molecule has 0 aliphatic rings. The fourth-order valence-corrected chi connectivity index (χ4v) is 2.26. The second-order valence-electron chi connectivity index (χ2n) is 5.81. The van der Waals surface area contributed by atoms with Crippen molar-refractivity contribution in [3.8, 4) is 5.75 Å². The number of imide groups is 1. The van der Waals surface area contributed by atoms with Gasteiger partial charge in [0.25, 0.3) is 5.91 Å². The molecule has 0 radical (unpaired) electrons. The van der Waals surface area contributed by atoms with Gasteiger partial charge < -0.3 is 15.2 Å². The zero-order chi connectivity index (χ0) is 18.4. The van der Waals surface area contributed by atoms with Crippen LogP contribution < -0.4 is 15.8 Å². The van der Waals surface area contributed by atoms with E-state index in [4.69, 9.17) is 15.2 Å². The monoisotopic (exact) mass is 344 g/mol. The number of benzene rings is 2. The van der Waals surface area contributed by atoms with E-state index in [9.17, 15) is 14.4 Å². The lowest BCUT2D eigenvalue weighted by Crippen LogP contribution is -2.46. The lowest BCUT2D eigenvalue weighted by Gasteiger charge is -2.19. The van der Waals surface area contributed by atoms with Gasteiger partial charge in [-0.2, -0.15) is 0 Å². The minimum absolute atomic E-state index is 0.330. The highest BCUT2D eigenvalue weighted by atomic mass is 16.6. The highest BCUT2D eigenvalue weighted by Gasteiger charge is 2.27. The van der Waals surface area contributed by atoms with E-state index in [2.05, 4.69) is 0 Å². The van der Waals surface area contributed by atoms with Gasteiger partial charge in [0, 0.05) is 0 Å². The Labute approximate surface area is 145 Å². The number of ether oxygens (including phenoxy) is 2. The van der Waals surface area contributed by atoms with Crippen molar-refractivity contribution in [2.45, 2.75) is 20.0 Å². The molecule has 1 unspecified atom stereocenters. The fraction of sp³-hybridized carbons (Fsp3) is 0.278.